The third-order valence-electron chi connectivity index (χ3n) is 4.85. The lowest BCUT2D eigenvalue weighted by molar-refractivity contribution is -0.139. The Morgan fingerprint density at radius 2 is 1.74 bits per heavy atom. The number of piperazine rings is 1. The number of aliphatic hydroxyl groups is 1. The lowest BCUT2D eigenvalue weighted by Crippen LogP contribution is -2.47. The molecule has 0 saturated carbocycles. The van der Waals surface area contributed by atoms with E-state index < -0.39 is 17.8 Å². The van der Waals surface area contributed by atoms with E-state index in [-0.39, 0.29) is 12.1 Å². The van der Waals surface area contributed by atoms with E-state index in [2.05, 4.69) is 4.90 Å². The Bertz CT molecular complexity index is 759. The molecule has 1 saturated heterocycles. The van der Waals surface area contributed by atoms with E-state index in [0.29, 0.717) is 13.1 Å². The summed E-state index contributed by atoms with van der Waals surface area (Å²) < 4.78 is 44.7. The number of β-amino-alcohol motifs (C(OH)–C–C–N with tert-alkyl or cyclic N) is 1. The van der Waals surface area contributed by atoms with Gasteiger partial charge < -0.3 is 14.7 Å². The molecule has 0 aromatic heterocycles. The van der Waals surface area contributed by atoms with Gasteiger partial charge >= 0.3 is 6.18 Å². The highest BCUT2D eigenvalue weighted by Gasteiger charge is 2.35. The zero-order chi connectivity index (χ0) is 19.4. The van der Waals surface area contributed by atoms with Crippen LogP contribution in [0.3, 0.4) is 0 Å². The predicted octanol–water partition coefficient (Wildman–Crippen LogP) is 3.57. The van der Waals surface area contributed by atoms with Gasteiger partial charge in [0.1, 0.15) is 5.75 Å². The zero-order valence-corrected chi connectivity index (χ0v) is 15.1. The molecule has 1 aliphatic heterocycles. The monoisotopic (exact) mass is 380 g/mol. The number of hydrogen-bond donors (Lipinski definition) is 1. The minimum Gasteiger partial charge on any atom is -0.497 e. The summed E-state index contributed by atoms with van der Waals surface area (Å²) in [6.07, 6.45) is -5.64. The van der Waals surface area contributed by atoms with Crippen molar-refractivity contribution in [1.82, 2.24) is 4.90 Å². The van der Waals surface area contributed by atoms with Crippen LogP contribution in [-0.4, -0.2) is 49.8 Å². The SMILES string of the molecule is COc1cccc(N2CCN(C[C@@H](O)c3ccccc3C(F)(F)F)CC2)c1. The molecule has 27 heavy (non-hydrogen) atoms. The fourth-order valence-electron chi connectivity index (χ4n) is 3.38. The standard InChI is InChI=1S/C20H23F3N2O2/c1-27-16-6-4-5-15(13-16)25-11-9-24(10-12-25)14-19(26)17-7-2-3-8-18(17)20(21,22)23/h2-8,13,19,26H,9-12,14H2,1H3/t19-/m1/s1. The topological polar surface area (TPSA) is 35.9 Å². The first-order valence-electron chi connectivity index (χ1n) is 8.84. The van der Waals surface area contributed by atoms with Crippen molar-refractivity contribution in [3.8, 4) is 5.75 Å². The van der Waals surface area contributed by atoms with Gasteiger partial charge in [-0.3, -0.25) is 4.90 Å². The molecule has 4 nitrogen and oxygen atoms in total. The number of nitrogens with zero attached hydrogens (tertiary/aromatic N) is 2. The second-order valence-corrected chi connectivity index (χ2v) is 6.59. The number of rotatable bonds is 5. The molecule has 1 heterocycles. The molecule has 7 heteroatoms. The Kier molecular flexibility index (Phi) is 5.92. The van der Waals surface area contributed by atoms with Gasteiger partial charge in [-0.1, -0.05) is 24.3 Å². The smallest absolute Gasteiger partial charge is 0.416 e. The van der Waals surface area contributed by atoms with Crippen LogP contribution in [0.15, 0.2) is 48.5 Å². The fourth-order valence-corrected chi connectivity index (χ4v) is 3.38. The van der Waals surface area contributed by atoms with E-state index in [1.807, 2.05) is 29.2 Å². The first-order chi connectivity index (χ1) is 12.9. The van der Waals surface area contributed by atoms with Crippen LogP contribution >= 0.6 is 0 Å². The Balaban J connectivity index is 1.61. The molecule has 1 aliphatic rings. The third kappa shape index (κ3) is 4.73. The van der Waals surface area contributed by atoms with Gasteiger partial charge in [0.2, 0.25) is 0 Å². The number of ether oxygens (including phenoxy) is 1. The molecule has 0 bridgehead atoms. The molecular formula is C20H23F3N2O2. The van der Waals surface area contributed by atoms with E-state index in [9.17, 15) is 18.3 Å². The molecule has 0 unspecified atom stereocenters. The maximum atomic E-state index is 13.1. The van der Waals surface area contributed by atoms with Crippen LogP contribution in [0.25, 0.3) is 0 Å². The summed E-state index contributed by atoms with van der Waals surface area (Å²) >= 11 is 0. The maximum absolute atomic E-state index is 13.1. The summed E-state index contributed by atoms with van der Waals surface area (Å²) in [5.41, 5.74) is 0.213. The highest BCUT2D eigenvalue weighted by Crippen LogP contribution is 2.34. The molecule has 146 valence electrons. The van der Waals surface area contributed by atoms with Gasteiger partial charge in [-0.2, -0.15) is 13.2 Å². The van der Waals surface area contributed by atoms with Crippen molar-refractivity contribution in [2.24, 2.45) is 0 Å². The summed E-state index contributed by atoms with van der Waals surface area (Å²) in [5.74, 6) is 0.786. The van der Waals surface area contributed by atoms with Crippen molar-refractivity contribution >= 4 is 5.69 Å². The highest BCUT2D eigenvalue weighted by atomic mass is 19.4. The summed E-state index contributed by atoms with van der Waals surface area (Å²) in [7, 11) is 1.62. The van der Waals surface area contributed by atoms with Crippen LogP contribution in [0.5, 0.6) is 5.75 Å². The fraction of sp³-hybridized carbons (Fsp3) is 0.400. The second-order valence-electron chi connectivity index (χ2n) is 6.59. The highest BCUT2D eigenvalue weighted by molar-refractivity contribution is 5.51. The van der Waals surface area contributed by atoms with E-state index >= 15 is 0 Å². The van der Waals surface area contributed by atoms with Crippen LogP contribution in [0.2, 0.25) is 0 Å². The minimum absolute atomic E-state index is 0.0692. The summed E-state index contributed by atoms with van der Waals surface area (Å²) in [6, 6.07) is 13.0. The molecular weight excluding hydrogens is 357 g/mol. The minimum atomic E-state index is -4.47. The summed E-state index contributed by atoms with van der Waals surface area (Å²) in [4.78, 5) is 4.20. The van der Waals surface area contributed by atoms with Crippen LogP contribution in [-0.2, 0) is 6.18 Å². The van der Waals surface area contributed by atoms with E-state index in [4.69, 9.17) is 4.74 Å². The molecule has 0 aliphatic carbocycles. The molecule has 3 rings (SSSR count). The average Bonchev–Trinajstić information content (AvgIpc) is 2.68. The van der Waals surface area contributed by atoms with E-state index in [0.717, 1.165) is 30.6 Å². The van der Waals surface area contributed by atoms with Gasteiger partial charge in [0, 0.05) is 44.5 Å². The van der Waals surface area contributed by atoms with Crippen LogP contribution in [0.1, 0.15) is 17.2 Å². The predicted molar refractivity (Wildman–Crippen MR) is 98.1 cm³/mol. The Hall–Kier alpha value is -2.25. The third-order valence-corrected chi connectivity index (χ3v) is 4.85. The van der Waals surface area contributed by atoms with Crippen molar-refractivity contribution in [2.75, 3.05) is 44.7 Å². The number of anilines is 1. The summed E-state index contributed by atoms with van der Waals surface area (Å²) in [5, 5.41) is 10.4. The molecule has 0 spiro atoms. The largest absolute Gasteiger partial charge is 0.497 e. The molecule has 0 amide bonds. The number of aliphatic hydroxyl groups excluding tert-OH is 1. The average molecular weight is 380 g/mol. The number of halogens is 3. The molecule has 1 atom stereocenters. The number of hydrogen-bond acceptors (Lipinski definition) is 4. The zero-order valence-electron chi connectivity index (χ0n) is 15.1. The number of methoxy groups -OCH3 is 1. The molecule has 0 radical (unpaired) electrons. The Morgan fingerprint density at radius 1 is 1.04 bits per heavy atom. The van der Waals surface area contributed by atoms with Gasteiger partial charge in [0.05, 0.1) is 18.8 Å². The number of alkyl halides is 3. The molecule has 2 aromatic carbocycles. The van der Waals surface area contributed by atoms with Gasteiger partial charge in [-0.25, -0.2) is 0 Å². The lowest BCUT2D eigenvalue weighted by atomic mass is 10.0. The first kappa shape index (κ1) is 19.5. The lowest BCUT2D eigenvalue weighted by Gasteiger charge is -2.37. The van der Waals surface area contributed by atoms with Crippen molar-refractivity contribution < 1.29 is 23.0 Å². The van der Waals surface area contributed by atoms with E-state index in [1.54, 1.807) is 7.11 Å². The van der Waals surface area contributed by atoms with Crippen LogP contribution in [0, 0.1) is 0 Å². The van der Waals surface area contributed by atoms with Crippen molar-refractivity contribution in [2.45, 2.75) is 12.3 Å². The quantitative estimate of drug-likeness (QED) is 0.860. The van der Waals surface area contributed by atoms with Crippen LogP contribution in [0.4, 0.5) is 18.9 Å². The number of benzene rings is 2. The van der Waals surface area contributed by atoms with Crippen molar-refractivity contribution in [1.29, 1.82) is 0 Å². The molecule has 1 fully saturated rings. The van der Waals surface area contributed by atoms with Crippen molar-refractivity contribution in [3.05, 3.63) is 59.7 Å². The summed E-state index contributed by atoms with van der Waals surface area (Å²) in [6.45, 7) is 2.99. The second kappa shape index (κ2) is 8.19. The van der Waals surface area contributed by atoms with Gasteiger partial charge in [-0.15, -0.1) is 0 Å². The van der Waals surface area contributed by atoms with Gasteiger partial charge in [0.15, 0.2) is 0 Å². The Labute approximate surface area is 156 Å². The van der Waals surface area contributed by atoms with Crippen LogP contribution < -0.4 is 9.64 Å². The Morgan fingerprint density at radius 3 is 2.41 bits per heavy atom. The van der Waals surface area contributed by atoms with E-state index in [1.165, 1.54) is 18.2 Å². The van der Waals surface area contributed by atoms with Crippen molar-refractivity contribution in [3.63, 3.8) is 0 Å². The normalized spacial score (nSPS) is 17.0. The first-order valence-corrected chi connectivity index (χ1v) is 8.84. The molecule has 2 aromatic rings. The van der Waals surface area contributed by atoms with Gasteiger partial charge in [0.25, 0.3) is 0 Å². The van der Waals surface area contributed by atoms with Gasteiger partial charge in [-0.05, 0) is 23.8 Å². The molecule has 1 N–H and O–H groups in total. The maximum Gasteiger partial charge on any atom is 0.416 e.